The second-order valence-electron chi connectivity index (χ2n) is 7.85. The second kappa shape index (κ2) is 7.43. The van der Waals surface area contributed by atoms with E-state index in [9.17, 15) is 0 Å². The number of morpholine rings is 1. The highest BCUT2D eigenvalue weighted by Gasteiger charge is 2.26. The van der Waals surface area contributed by atoms with Crippen molar-refractivity contribution in [3.8, 4) is 0 Å². The van der Waals surface area contributed by atoms with Gasteiger partial charge in [-0.3, -0.25) is 0 Å². The Kier molecular flexibility index (Phi) is 5.02. The van der Waals surface area contributed by atoms with Crippen LogP contribution >= 0.6 is 0 Å². The van der Waals surface area contributed by atoms with E-state index in [1.165, 1.54) is 32.1 Å². The molecule has 2 aromatic rings. The Morgan fingerprint density at radius 2 is 1.88 bits per heavy atom. The standard InChI is InChI=1S/C20H28FN3O2/c1-13-11-24(12-14(2)25-13)17-9-8-16-19(18(17)21)26-23-20(16)22-10-15-6-4-3-5-7-15/h8-9,13-15H,3-7,10-12H2,1-2H3,(H,22,23)/t13-,14+. The van der Waals surface area contributed by atoms with Crippen LogP contribution in [0.5, 0.6) is 0 Å². The number of hydrogen-bond donors (Lipinski definition) is 1. The van der Waals surface area contributed by atoms with Gasteiger partial charge >= 0.3 is 0 Å². The first-order valence-electron chi connectivity index (χ1n) is 9.84. The number of nitrogens with one attached hydrogen (secondary N) is 1. The minimum absolute atomic E-state index is 0.0799. The van der Waals surface area contributed by atoms with Crippen molar-refractivity contribution >= 4 is 22.5 Å². The number of halogens is 1. The van der Waals surface area contributed by atoms with Gasteiger partial charge in [-0.05, 0) is 44.7 Å². The van der Waals surface area contributed by atoms with Gasteiger partial charge in [0.05, 0.1) is 23.3 Å². The molecule has 0 unspecified atom stereocenters. The van der Waals surface area contributed by atoms with E-state index >= 15 is 4.39 Å². The third kappa shape index (κ3) is 3.52. The van der Waals surface area contributed by atoms with E-state index in [2.05, 4.69) is 10.5 Å². The van der Waals surface area contributed by atoms with Crippen molar-refractivity contribution in [2.75, 3.05) is 29.9 Å². The molecule has 1 saturated heterocycles. The smallest absolute Gasteiger partial charge is 0.206 e. The van der Waals surface area contributed by atoms with E-state index in [4.69, 9.17) is 9.26 Å². The first kappa shape index (κ1) is 17.6. The highest BCUT2D eigenvalue weighted by Crippen LogP contribution is 2.33. The molecular weight excluding hydrogens is 333 g/mol. The number of anilines is 2. The summed E-state index contributed by atoms with van der Waals surface area (Å²) in [4.78, 5) is 2.03. The summed E-state index contributed by atoms with van der Waals surface area (Å²) in [6.45, 7) is 6.26. The molecule has 0 amide bonds. The fourth-order valence-electron chi connectivity index (χ4n) is 4.34. The molecule has 5 nitrogen and oxygen atoms in total. The van der Waals surface area contributed by atoms with Crippen molar-refractivity contribution in [2.45, 2.75) is 58.2 Å². The summed E-state index contributed by atoms with van der Waals surface area (Å²) in [6, 6.07) is 3.75. The highest BCUT2D eigenvalue weighted by molar-refractivity contribution is 5.91. The fraction of sp³-hybridized carbons (Fsp3) is 0.650. The van der Waals surface area contributed by atoms with Crippen molar-refractivity contribution in [1.82, 2.24) is 5.16 Å². The summed E-state index contributed by atoms with van der Waals surface area (Å²) in [7, 11) is 0. The Hall–Kier alpha value is -1.82. The largest absolute Gasteiger partial charge is 0.372 e. The van der Waals surface area contributed by atoms with Crippen molar-refractivity contribution in [2.24, 2.45) is 5.92 Å². The van der Waals surface area contributed by atoms with Gasteiger partial charge in [-0.25, -0.2) is 4.39 Å². The van der Waals surface area contributed by atoms with Gasteiger partial charge in [0.1, 0.15) is 0 Å². The molecule has 1 aromatic carbocycles. The van der Waals surface area contributed by atoms with E-state index in [1.807, 2.05) is 30.9 Å². The van der Waals surface area contributed by atoms with Gasteiger partial charge in [0.15, 0.2) is 11.6 Å². The number of aromatic nitrogens is 1. The van der Waals surface area contributed by atoms with E-state index in [0.29, 0.717) is 30.5 Å². The maximum atomic E-state index is 15.1. The Morgan fingerprint density at radius 3 is 2.62 bits per heavy atom. The first-order chi connectivity index (χ1) is 12.6. The van der Waals surface area contributed by atoms with E-state index in [1.54, 1.807) is 0 Å². The third-order valence-corrected chi connectivity index (χ3v) is 5.60. The van der Waals surface area contributed by atoms with Crippen molar-refractivity contribution < 1.29 is 13.7 Å². The molecule has 1 aliphatic carbocycles. The molecule has 0 spiro atoms. The molecule has 1 saturated carbocycles. The normalized spacial score (nSPS) is 25.0. The van der Waals surface area contributed by atoms with Gasteiger partial charge in [-0.15, -0.1) is 0 Å². The van der Waals surface area contributed by atoms with Crippen LogP contribution in [-0.2, 0) is 4.74 Å². The maximum Gasteiger partial charge on any atom is 0.206 e. The lowest BCUT2D eigenvalue weighted by atomic mass is 9.89. The van der Waals surface area contributed by atoms with E-state index < -0.39 is 0 Å². The monoisotopic (exact) mass is 361 g/mol. The Balaban J connectivity index is 1.53. The Bertz CT molecular complexity index is 747. The summed E-state index contributed by atoms with van der Waals surface area (Å²) in [5, 5.41) is 8.18. The second-order valence-corrected chi connectivity index (χ2v) is 7.85. The van der Waals surface area contributed by atoms with Gasteiger partial charge in [0, 0.05) is 19.6 Å². The average molecular weight is 361 g/mol. The van der Waals surface area contributed by atoms with Crippen LogP contribution in [0.3, 0.4) is 0 Å². The number of ether oxygens (including phenoxy) is 1. The molecule has 26 heavy (non-hydrogen) atoms. The zero-order valence-corrected chi connectivity index (χ0v) is 15.6. The zero-order chi connectivity index (χ0) is 18.1. The van der Waals surface area contributed by atoms with Gasteiger partial charge < -0.3 is 19.5 Å². The average Bonchev–Trinajstić information content (AvgIpc) is 3.04. The zero-order valence-electron chi connectivity index (χ0n) is 15.6. The maximum absolute atomic E-state index is 15.1. The Morgan fingerprint density at radius 1 is 1.15 bits per heavy atom. The molecule has 0 bridgehead atoms. The topological polar surface area (TPSA) is 50.5 Å². The number of hydrogen-bond acceptors (Lipinski definition) is 5. The lowest BCUT2D eigenvalue weighted by Crippen LogP contribution is -2.45. The third-order valence-electron chi connectivity index (χ3n) is 5.60. The molecular formula is C20H28FN3O2. The van der Waals surface area contributed by atoms with E-state index in [-0.39, 0.29) is 23.6 Å². The lowest BCUT2D eigenvalue weighted by Gasteiger charge is -2.36. The van der Waals surface area contributed by atoms with Crippen LogP contribution < -0.4 is 10.2 Å². The van der Waals surface area contributed by atoms with Crippen molar-refractivity contribution in [3.63, 3.8) is 0 Å². The summed E-state index contributed by atoms with van der Waals surface area (Å²) in [5.74, 6) is 0.998. The summed E-state index contributed by atoms with van der Waals surface area (Å²) >= 11 is 0. The number of nitrogens with zero attached hydrogens (tertiary/aromatic N) is 2. The first-order valence-corrected chi connectivity index (χ1v) is 9.84. The molecule has 1 aliphatic heterocycles. The van der Waals surface area contributed by atoms with Crippen LogP contribution in [0.2, 0.25) is 0 Å². The molecule has 2 heterocycles. The molecule has 2 atom stereocenters. The molecule has 142 valence electrons. The predicted molar refractivity (Wildman–Crippen MR) is 101 cm³/mol. The van der Waals surface area contributed by atoms with Crippen molar-refractivity contribution in [3.05, 3.63) is 17.9 Å². The van der Waals surface area contributed by atoms with Crippen molar-refractivity contribution in [1.29, 1.82) is 0 Å². The molecule has 4 rings (SSSR count). The number of benzene rings is 1. The lowest BCUT2D eigenvalue weighted by molar-refractivity contribution is -0.00539. The van der Waals surface area contributed by atoms with Crippen LogP contribution in [0.25, 0.3) is 11.0 Å². The summed E-state index contributed by atoms with van der Waals surface area (Å²) in [6.07, 6.45) is 6.63. The molecule has 2 aliphatic rings. The molecule has 6 heteroatoms. The van der Waals surface area contributed by atoms with Crippen LogP contribution in [-0.4, -0.2) is 37.0 Å². The molecule has 2 fully saturated rings. The molecule has 1 N–H and O–H groups in total. The summed E-state index contributed by atoms with van der Waals surface area (Å²) < 4.78 is 26.2. The number of rotatable bonds is 4. The molecule has 0 radical (unpaired) electrons. The fourth-order valence-corrected chi connectivity index (χ4v) is 4.34. The van der Waals surface area contributed by atoms with Crippen LogP contribution in [0.15, 0.2) is 16.7 Å². The minimum Gasteiger partial charge on any atom is -0.372 e. The highest BCUT2D eigenvalue weighted by atomic mass is 19.1. The minimum atomic E-state index is -0.331. The van der Waals surface area contributed by atoms with Crippen LogP contribution in [0.4, 0.5) is 15.9 Å². The van der Waals surface area contributed by atoms with E-state index in [0.717, 1.165) is 11.9 Å². The Labute approximate surface area is 153 Å². The van der Waals surface area contributed by atoms with Gasteiger partial charge in [-0.2, -0.15) is 0 Å². The van der Waals surface area contributed by atoms with Crippen LogP contribution in [0, 0.1) is 11.7 Å². The summed E-state index contributed by atoms with van der Waals surface area (Å²) in [5.41, 5.74) is 0.801. The number of fused-ring (bicyclic) bond motifs is 1. The van der Waals surface area contributed by atoms with Gasteiger partial charge in [0.2, 0.25) is 5.58 Å². The predicted octanol–water partition coefficient (Wildman–Crippen LogP) is 4.57. The van der Waals surface area contributed by atoms with Crippen LogP contribution in [0.1, 0.15) is 46.0 Å². The SMILES string of the molecule is C[C@@H]1CN(c2ccc3c(NCC4CCCCC4)noc3c2F)C[C@H](C)O1. The quantitative estimate of drug-likeness (QED) is 0.864. The molecule has 1 aromatic heterocycles. The van der Waals surface area contributed by atoms with Gasteiger partial charge in [-0.1, -0.05) is 24.4 Å². The van der Waals surface area contributed by atoms with Gasteiger partial charge in [0.25, 0.3) is 0 Å².